The van der Waals surface area contributed by atoms with E-state index >= 15 is 0 Å². The maximum Gasteiger partial charge on any atom is 0.490 e. The zero-order valence-corrected chi connectivity index (χ0v) is 22.2. The molecule has 0 radical (unpaired) electrons. The van der Waals surface area contributed by atoms with E-state index in [-0.39, 0.29) is 55.5 Å². The number of ketones is 1. The van der Waals surface area contributed by atoms with Crippen LogP contribution in [-0.4, -0.2) is 94.5 Å². The Labute approximate surface area is 236 Å². The largest absolute Gasteiger partial charge is 0.490 e. The monoisotopic (exact) mass is 596 g/mol. The predicted octanol–water partition coefficient (Wildman–Crippen LogP) is 1.12. The maximum atomic E-state index is 12.8. The molecule has 226 valence electrons. The van der Waals surface area contributed by atoms with Crippen LogP contribution in [0, 0.1) is 6.92 Å². The number of aromatic nitrogens is 2. The highest BCUT2D eigenvalue weighted by molar-refractivity contribution is 6.02. The molecule has 1 saturated heterocycles. The molecule has 0 saturated carbocycles. The van der Waals surface area contributed by atoms with Crippen molar-refractivity contribution in [2.24, 2.45) is 5.16 Å². The van der Waals surface area contributed by atoms with Gasteiger partial charge >= 0.3 is 12.1 Å². The summed E-state index contributed by atoms with van der Waals surface area (Å²) in [5.41, 5.74) is 3.01. The number of oxime groups is 1. The van der Waals surface area contributed by atoms with E-state index in [0.29, 0.717) is 49.0 Å². The highest BCUT2D eigenvalue weighted by Crippen LogP contribution is 2.25. The molecule has 0 bridgehead atoms. The van der Waals surface area contributed by atoms with Gasteiger partial charge in [0.15, 0.2) is 11.9 Å². The average Bonchev–Trinajstić information content (AvgIpc) is 3.46. The first-order chi connectivity index (χ1) is 19.9. The number of fused-ring (bicyclic) bond motifs is 1. The molecular formula is C26H27F3N4O9. The van der Waals surface area contributed by atoms with Gasteiger partial charge in [0.1, 0.15) is 41.8 Å². The number of hydrogen-bond donors (Lipinski definition) is 3. The van der Waals surface area contributed by atoms with Crippen molar-refractivity contribution in [3.05, 3.63) is 52.6 Å². The second kappa shape index (κ2) is 13.2. The molecule has 2 aromatic rings. The van der Waals surface area contributed by atoms with E-state index in [1.165, 1.54) is 0 Å². The van der Waals surface area contributed by atoms with Crippen molar-refractivity contribution in [1.82, 2.24) is 15.3 Å². The number of benzene rings is 1. The summed E-state index contributed by atoms with van der Waals surface area (Å²) in [4.78, 5) is 47.6. The number of rotatable bonds is 6. The summed E-state index contributed by atoms with van der Waals surface area (Å²) in [5, 5.41) is 23.3. The lowest BCUT2D eigenvalue weighted by atomic mass is 10.0. The van der Waals surface area contributed by atoms with Crippen LogP contribution >= 0.6 is 0 Å². The Balaban J connectivity index is 0.000000517. The van der Waals surface area contributed by atoms with Crippen molar-refractivity contribution >= 4 is 23.4 Å². The van der Waals surface area contributed by atoms with Gasteiger partial charge in [-0.3, -0.25) is 9.59 Å². The molecule has 13 nitrogen and oxygen atoms in total. The molecule has 16 heteroatoms. The Morgan fingerprint density at radius 3 is 2.55 bits per heavy atom. The number of alkyl halides is 3. The lowest BCUT2D eigenvalue weighted by Crippen LogP contribution is -2.43. The van der Waals surface area contributed by atoms with Gasteiger partial charge in [-0.25, -0.2) is 14.8 Å². The third-order valence-electron chi connectivity index (χ3n) is 6.27. The van der Waals surface area contributed by atoms with Crippen LogP contribution in [0.5, 0.6) is 5.75 Å². The number of aryl methyl sites for hydroxylation is 1. The molecule has 1 fully saturated rings. The molecule has 4 heterocycles. The Morgan fingerprint density at radius 1 is 1.12 bits per heavy atom. The lowest BCUT2D eigenvalue weighted by molar-refractivity contribution is -0.192. The van der Waals surface area contributed by atoms with Crippen LogP contribution in [0.2, 0.25) is 0 Å². The molecule has 3 aliphatic rings. The molecule has 0 spiro atoms. The molecule has 1 aromatic carbocycles. The molecule has 42 heavy (non-hydrogen) atoms. The van der Waals surface area contributed by atoms with E-state index in [2.05, 4.69) is 20.4 Å². The number of nitrogens with one attached hydrogen (secondary N) is 1. The second-order valence-corrected chi connectivity index (χ2v) is 9.51. The summed E-state index contributed by atoms with van der Waals surface area (Å²) in [7, 11) is 0. The van der Waals surface area contributed by atoms with Gasteiger partial charge < -0.3 is 34.6 Å². The molecule has 1 amide bonds. The smallest absolute Gasteiger partial charge is 0.486 e. The highest BCUT2D eigenvalue weighted by atomic mass is 19.4. The summed E-state index contributed by atoms with van der Waals surface area (Å²) in [5.74, 6) is -1.94. The second-order valence-electron chi connectivity index (χ2n) is 9.51. The number of Topliss-reactive ketones (excluding diaryl/α,β-unsaturated/α-hetero) is 1. The molecule has 3 atom stereocenters. The highest BCUT2D eigenvalue weighted by Gasteiger charge is 2.38. The van der Waals surface area contributed by atoms with Gasteiger partial charge in [0, 0.05) is 24.9 Å². The number of carboxylic acids is 1. The Hall–Kier alpha value is -4.15. The van der Waals surface area contributed by atoms with Crippen molar-refractivity contribution in [3.8, 4) is 5.75 Å². The van der Waals surface area contributed by atoms with Crippen LogP contribution in [-0.2, 0) is 36.9 Å². The Bertz CT molecular complexity index is 1360. The lowest BCUT2D eigenvalue weighted by Gasteiger charge is -2.30. The standard InChI is InChI=1S/C24H26N4O7.C2HF3O2/c1-13-26-18(19-7-22(35-28-19)23-12-32-17(9-29)11-34-23)6-20(27-13)24(31)25-8-14-2-3-21-15(4-14)5-16(30)10-33-21;3-2(4,5)1(6)7/h2-4,6,17,22-23,29H,5,7-12H2,1H3,(H,25,31);(H,6,7)/t17-,22+,23-;/m1./s1. The molecule has 0 aliphatic carbocycles. The van der Waals surface area contributed by atoms with E-state index in [0.717, 1.165) is 11.1 Å². The SMILES string of the molecule is Cc1nc(C(=O)NCc2ccc3c(c2)CC(=O)CO3)cc(C2=NO[C@H]([C@H]3CO[C@H](CO)CO3)C2)n1.O=C(O)C(F)(F)F. The minimum Gasteiger partial charge on any atom is -0.486 e. The first-order valence-corrected chi connectivity index (χ1v) is 12.7. The average molecular weight is 597 g/mol. The zero-order chi connectivity index (χ0) is 30.4. The summed E-state index contributed by atoms with van der Waals surface area (Å²) in [6.07, 6.45) is -5.27. The van der Waals surface area contributed by atoms with Gasteiger partial charge in [0.2, 0.25) is 0 Å². The van der Waals surface area contributed by atoms with Gasteiger partial charge in [-0.15, -0.1) is 0 Å². The van der Waals surface area contributed by atoms with E-state index in [9.17, 15) is 22.8 Å². The summed E-state index contributed by atoms with van der Waals surface area (Å²) in [6.45, 7) is 2.59. The fourth-order valence-electron chi connectivity index (χ4n) is 4.17. The van der Waals surface area contributed by atoms with Crippen molar-refractivity contribution in [3.63, 3.8) is 0 Å². The molecule has 1 aromatic heterocycles. The first kappa shape index (κ1) is 30.8. The number of amides is 1. The van der Waals surface area contributed by atoms with Crippen LogP contribution < -0.4 is 10.1 Å². The third-order valence-corrected chi connectivity index (χ3v) is 6.27. The van der Waals surface area contributed by atoms with Crippen LogP contribution in [0.25, 0.3) is 0 Å². The molecular weight excluding hydrogens is 569 g/mol. The van der Waals surface area contributed by atoms with E-state index in [4.69, 9.17) is 34.1 Å². The fraction of sp³-hybridized carbons (Fsp3) is 0.462. The van der Waals surface area contributed by atoms with E-state index in [1.807, 2.05) is 18.2 Å². The number of halogens is 3. The van der Waals surface area contributed by atoms with Crippen molar-refractivity contribution < 1.29 is 56.8 Å². The molecule has 0 unspecified atom stereocenters. The van der Waals surface area contributed by atoms with E-state index < -0.39 is 12.1 Å². The fourth-order valence-corrected chi connectivity index (χ4v) is 4.17. The van der Waals surface area contributed by atoms with Crippen molar-refractivity contribution in [2.45, 2.75) is 50.8 Å². The molecule has 3 aliphatic heterocycles. The maximum absolute atomic E-state index is 12.8. The summed E-state index contributed by atoms with van der Waals surface area (Å²) in [6, 6.07) is 7.13. The Morgan fingerprint density at radius 2 is 1.88 bits per heavy atom. The van der Waals surface area contributed by atoms with Crippen LogP contribution in [0.3, 0.4) is 0 Å². The van der Waals surface area contributed by atoms with Gasteiger partial charge in [0.25, 0.3) is 5.91 Å². The van der Waals surface area contributed by atoms with Gasteiger partial charge in [-0.05, 0) is 30.7 Å². The van der Waals surface area contributed by atoms with Gasteiger partial charge in [-0.2, -0.15) is 13.2 Å². The number of carbonyl (C=O) groups excluding carboxylic acids is 2. The van der Waals surface area contributed by atoms with Crippen molar-refractivity contribution in [2.75, 3.05) is 26.4 Å². The van der Waals surface area contributed by atoms with Gasteiger partial charge in [-0.1, -0.05) is 11.2 Å². The summed E-state index contributed by atoms with van der Waals surface area (Å²) < 4.78 is 48.4. The summed E-state index contributed by atoms with van der Waals surface area (Å²) >= 11 is 0. The number of aliphatic hydroxyl groups is 1. The Kier molecular flexibility index (Phi) is 9.70. The number of ether oxygens (including phenoxy) is 3. The number of aliphatic carboxylic acids is 1. The zero-order valence-electron chi connectivity index (χ0n) is 22.2. The topological polar surface area (TPSA) is 179 Å². The molecule has 3 N–H and O–H groups in total. The van der Waals surface area contributed by atoms with E-state index in [1.54, 1.807) is 13.0 Å². The normalized spacial score (nSPS) is 21.6. The number of carbonyl (C=O) groups is 3. The van der Waals surface area contributed by atoms with Crippen molar-refractivity contribution in [1.29, 1.82) is 0 Å². The third kappa shape index (κ3) is 7.98. The van der Waals surface area contributed by atoms with Crippen LogP contribution in [0.15, 0.2) is 29.4 Å². The number of carboxylic acid groups (broad SMARTS) is 1. The number of hydrogen-bond acceptors (Lipinski definition) is 11. The predicted molar refractivity (Wildman–Crippen MR) is 135 cm³/mol. The number of aliphatic hydroxyl groups excluding tert-OH is 1. The quantitative estimate of drug-likeness (QED) is 0.435. The molecule has 5 rings (SSSR count). The minimum absolute atomic E-state index is 0.0284. The van der Waals surface area contributed by atoms with Crippen LogP contribution in [0.4, 0.5) is 13.2 Å². The van der Waals surface area contributed by atoms with Crippen LogP contribution in [0.1, 0.15) is 39.6 Å². The van der Waals surface area contributed by atoms with Gasteiger partial charge in [0.05, 0.1) is 25.5 Å². The first-order valence-electron chi connectivity index (χ1n) is 12.7. The number of nitrogens with zero attached hydrogens (tertiary/aromatic N) is 3. The minimum atomic E-state index is -5.08.